The molecule has 0 spiro atoms. The van der Waals surface area contributed by atoms with Crippen LogP contribution in [-0.4, -0.2) is 11.2 Å². The van der Waals surface area contributed by atoms with Gasteiger partial charge in [0.1, 0.15) is 0 Å². The molecule has 0 aromatic carbocycles. The van der Waals surface area contributed by atoms with Crippen LogP contribution < -0.4 is 0 Å². The maximum Gasteiger partial charge on any atom is 0.0540 e. The van der Waals surface area contributed by atoms with Crippen molar-refractivity contribution in [3.05, 3.63) is 0 Å². The Labute approximate surface area is 120 Å². The average Bonchev–Trinajstić information content (AvgIpc) is 2.41. The van der Waals surface area contributed by atoms with E-state index in [1.807, 2.05) is 0 Å². The van der Waals surface area contributed by atoms with Crippen LogP contribution in [0.3, 0.4) is 0 Å². The Morgan fingerprint density at radius 2 is 1.47 bits per heavy atom. The van der Waals surface area contributed by atoms with Gasteiger partial charge in [-0.05, 0) is 75.0 Å². The van der Waals surface area contributed by atoms with Crippen LogP contribution in [0.2, 0.25) is 0 Å². The highest BCUT2D eigenvalue weighted by Crippen LogP contribution is 2.46. The Hall–Kier alpha value is -0.0400. The van der Waals surface area contributed by atoms with Crippen LogP contribution in [0.25, 0.3) is 0 Å². The number of rotatable bonds is 5. The van der Waals surface area contributed by atoms with E-state index < -0.39 is 0 Å². The summed E-state index contributed by atoms with van der Waals surface area (Å²) in [6, 6.07) is 0. The first-order valence-corrected chi connectivity index (χ1v) is 8.81. The molecule has 0 bridgehead atoms. The van der Waals surface area contributed by atoms with Crippen LogP contribution in [-0.2, 0) is 0 Å². The average molecular weight is 266 g/mol. The lowest BCUT2D eigenvalue weighted by Gasteiger charge is -2.42. The van der Waals surface area contributed by atoms with Crippen LogP contribution >= 0.6 is 0 Å². The molecule has 19 heavy (non-hydrogen) atoms. The van der Waals surface area contributed by atoms with E-state index in [1.54, 1.807) is 0 Å². The standard InChI is InChI=1S/C18H34O/c1-3-4-5-12-18(2)13-10-16(11-14-18)15-6-8-17(19)9-7-15/h15-17,19H,3-14H2,1-2H3/t15?,16-,17?,18-. The first-order chi connectivity index (χ1) is 9.13. The molecule has 0 aromatic heterocycles. The summed E-state index contributed by atoms with van der Waals surface area (Å²) in [7, 11) is 0. The van der Waals surface area contributed by atoms with Gasteiger partial charge in [0.15, 0.2) is 0 Å². The summed E-state index contributed by atoms with van der Waals surface area (Å²) in [6.45, 7) is 4.83. The largest absolute Gasteiger partial charge is 0.393 e. The summed E-state index contributed by atoms with van der Waals surface area (Å²) in [4.78, 5) is 0. The first kappa shape index (κ1) is 15.4. The molecule has 2 fully saturated rings. The normalized spacial score (nSPS) is 40.3. The molecule has 0 unspecified atom stereocenters. The molecule has 0 amide bonds. The van der Waals surface area contributed by atoms with Crippen molar-refractivity contribution in [2.24, 2.45) is 17.3 Å². The predicted molar refractivity (Wildman–Crippen MR) is 82.2 cm³/mol. The molecule has 1 N–H and O–H groups in total. The van der Waals surface area contributed by atoms with Crippen molar-refractivity contribution in [2.45, 2.75) is 97.0 Å². The van der Waals surface area contributed by atoms with Gasteiger partial charge in [0.2, 0.25) is 0 Å². The van der Waals surface area contributed by atoms with Gasteiger partial charge in [-0.25, -0.2) is 0 Å². The second-order valence-electron chi connectivity index (χ2n) is 7.67. The molecule has 0 aliphatic heterocycles. The molecule has 0 atom stereocenters. The van der Waals surface area contributed by atoms with Crippen molar-refractivity contribution in [1.82, 2.24) is 0 Å². The summed E-state index contributed by atoms with van der Waals surface area (Å²) >= 11 is 0. The molecule has 112 valence electrons. The van der Waals surface area contributed by atoms with Crippen LogP contribution in [0.1, 0.15) is 90.9 Å². The minimum absolute atomic E-state index is 0.0131. The van der Waals surface area contributed by atoms with Crippen LogP contribution in [0, 0.1) is 17.3 Å². The second-order valence-corrected chi connectivity index (χ2v) is 7.67. The van der Waals surface area contributed by atoms with Gasteiger partial charge in [0.25, 0.3) is 0 Å². The van der Waals surface area contributed by atoms with Crippen molar-refractivity contribution in [2.75, 3.05) is 0 Å². The SMILES string of the molecule is CCCCC[C@]1(C)CC[C@@H](C2CCC(O)CC2)CC1. The van der Waals surface area contributed by atoms with Crippen molar-refractivity contribution in [3.63, 3.8) is 0 Å². The molecule has 2 saturated carbocycles. The molecule has 2 aliphatic carbocycles. The zero-order valence-electron chi connectivity index (χ0n) is 13.2. The lowest BCUT2D eigenvalue weighted by molar-refractivity contribution is 0.0609. The zero-order chi connectivity index (χ0) is 13.7. The smallest absolute Gasteiger partial charge is 0.0540 e. The van der Waals surface area contributed by atoms with Gasteiger partial charge < -0.3 is 5.11 Å². The number of hydrogen-bond acceptors (Lipinski definition) is 1. The summed E-state index contributed by atoms with van der Waals surface area (Å²) in [6.07, 6.45) is 16.2. The summed E-state index contributed by atoms with van der Waals surface area (Å²) in [5.41, 5.74) is 0.653. The monoisotopic (exact) mass is 266 g/mol. The van der Waals surface area contributed by atoms with E-state index in [4.69, 9.17) is 0 Å². The Balaban J connectivity index is 1.72. The molecule has 0 saturated heterocycles. The first-order valence-electron chi connectivity index (χ1n) is 8.81. The fourth-order valence-corrected chi connectivity index (χ4v) is 4.43. The quantitative estimate of drug-likeness (QED) is 0.668. The molecule has 0 radical (unpaired) electrons. The van der Waals surface area contributed by atoms with Gasteiger partial charge in [-0.15, -0.1) is 0 Å². The Kier molecular flexibility index (Phi) is 5.74. The zero-order valence-corrected chi connectivity index (χ0v) is 13.2. The fraction of sp³-hybridized carbons (Fsp3) is 1.00. The molecule has 1 heteroatoms. The van der Waals surface area contributed by atoms with Gasteiger partial charge in [-0.1, -0.05) is 33.1 Å². The van der Waals surface area contributed by atoms with E-state index in [0.29, 0.717) is 5.41 Å². The molecule has 2 rings (SSSR count). The minimum Gasteiger partial charge on any atom is -0.393 e. The summed E-state index contributed by atoms with van der Waals surface area (Å²) < 4.78 is 0. The number of aliphatic hydroxyl groups excluding tert-OH is 1. The topological polar surface area (TPSA) is 20.2 Å². The molecule has 2 aliphatic rings. The van der Waals surface area contributed by atoms with Gasteiger partial charge in [-0.2, -0.15) is 0 Å². The number of hydrogen-bond donors (Lipinski definition) is 1. The molecule has 0 heterocycles. The lowest BCUT2D eigenvalue weighted by atomic mass is 9.64. The van der Waals surface area contributed by atoms with E-state index in [2.05, 4.69) is 13.8 Å². The van der Waals surface area contributed by atoms with Crippen LogP contribution in [0.15, 0.2) is 0 Å². The van der Waals surface area contributed by atoms with Crippen molar-refractivity contribution >= 4 is 0 Å². The Morgan fingerprint density at radius 1 is 0.895 bits per heavy atom. The second kappa shape index (κ2) is 7.11. The van der Waals surface area contributed by atoms with Crippen LogP contribution in [0.4, 0.5) is 0 Å². The molecular weight excluding hydrogens is 232 g/mol. The fourth-order valence-electron chi connectivity index (χ4n) is 4.43. The van der Waals surface area contributed by atoms with E-state index >= 15 is 0 Å². The van der Waals surface area contributed by atoms with Gasteiger partial charge in [0, 0.05) is 0 Å². The van der Waals surface area contributed by atoms with E-state index in [1.165, 1.54) is 64.2 Å². The van der Waals surface area contributed by atoms with Crippen LogP contribution in [0.5, 0.6) is 0 Å². The van der Waals surface area contributed by atoms with Gasteiger partial charge >= 0.3 is 0 Å². The highest BCUT2D eigenvalue weighted by atomic mass is 16.3. The Morgan fingerprint density at radius 3 is 2.05 bits per heavy atom. The maximum absolute atomic E-state index is 9.63. The maximum atomic E-state index is 9.63. The third kappa shape index (κ3) is 4.48. The summed E-state index contributed by atoms with van der Waals surface area (Å²) in [5.74, 6) is 1.91. The van der Waals surface area contributed by atoms with Crippen molar-refractivity contribution in [3.8, 4) is 0 Å². The molecular formula is C18H34O. The minimum atomic E-state index is 0.0131. The van der Waals surface area contributed by atoms with Gasteiger partial charge in [-0.3, -0.25) is 0 Å². The van der Waals surface area contributed by atoms with Gasteiger partial charge in [0.05, 0.1) is 6.10 Å². The van der Waals surface area contributed by atoms with E-state index in [9.17, 15) is 5.11 Å². The highest BCUT2D eigenvalue weighted by Gasteiger charge is 2.34. The lowest BCUT2D eigenvalue weighted by Crippen LogP contribution is -2.31. The van der Waals surface area contributed by atoms with Crippen molar-refractivity contribution in [1.29, 1.82) is 0 Å². The number of aliphatic hydroxyl groups is 1. The van der Waals surface area contributed by atoms with Crippen molar-refractivity contribution < 1.29 is 5.11 Å². The third-order valence-corrected chi connectivity index (χ3v) is 6.03. The van der Waals surface area contributed by atoms with E-state index in [0.717, 1.165) is 24.7 Å². The predicted octanol–water partition coefficient (Wildman–Crippen LogP) is 5.31. The highest BCUT2D eigenvalue weighted by molar-refractivity contribution is 4.86. The molecule has 1 nitrogen and oxygen atoms in total. The Bertz CT molecular complexity index is 244. The summed E-state index contributed by atoms with van der Waals surface area (Å²) in [5, 5.41) is 9.63. The third-order valence-electron chi connectivity index (χ3n) is 6.03. The number of unbranched alkanes of at least 4 members (excludes halogenated alkanes) is 2. The van der Waals surface area contributed by atoms with E-state index in [-0.39, 0.29) is 6.10 Å². The molecule has 0 aromatic rings.